The van der Waals surface area contributed by atoms with E-state index in [2.05, 4.69) is 15.2 Å². The lowest BCUT2D eigenvalue weighted by Crippen LogP contribution is -2.21. The van der Waals surface area contributed by atoms with Crippen molar-refractivity contribution in [3.8, 4) is 22.9 Å². The Labute approximate surface area is 147 Å². The van der Waals surface area contributed by atoms with E-state index in [0.717, 1.165) is 0 Å². The predicted molar refractivity (Wildman–Crippen MR) is 91.4 cm³/mol. The van der Waals surface area contributed by atoms with Gasteiger partial charge in [-0.25, -0.2) is 9.48 Å². The first-order chi connectivity index (χ1) is 12.7. The van der Waals surface area contributed by atoms with Crippen LogP contribution in [0.15, 0.2) is 51.9 Å². The lowest BCUT2D eigenvalue weighted by atomic mass is 10.2. The number of rotatable bonds is 5. The van der Waals surface area contributed by atoms with Crippen LogP contribution in [0.1, 0.15) is 5.89 Å². The van der Waals surface area contributed by atoms with E-state index in [4.69, 9.17) is 14.0 Å². The van der Waals surface area contributed by atoms with Gasteiger partial charge >= 0.3 is 5.69 Å². The first kappa shape index (κ1) is 15.9. The molecule has 26 heavy (non-hydrogen) atoms. The average molecular weight is 353 g/mol. The minimum atomic E-state index is -0.276. The highest BCUT2D eigenvalue weighted by Crippen LogP contribution is 2.31. The van der Waals surface area contributed by atoms with Gasteiger partial charge in [-0.3, -0.25) is 4.40 Å². The molecule has 9 heteroatoms. The minimum Gasteiger partial charge on any atom is -0.497 e. The van der Waals surface area contributed by atoms with E-state index in [9.17, 15) is 4.79 Å². The summed E-state index contributed by atoms with van der Waals surface area (Å²) in [6.45, 7) is 0.0754. The number of benzene rings is 1. The SMILES string of the molecule is COc1ccc(-c2noc(Cn3nc4ccccn4c3=O)n2)c(OC)c1. The van der Waals surface area contributed by atoms with E-state index < -0.39 is 0 Å². The van der Waals surface area contributed by atoms with Crippen molar-refractivity contribution in [3.05, 3.63) is 59.0 Å². The number of hydrogen-bond donors (Lipinski definition) is 0. The summed E-state index contributed by atoms with van der Waals surface area (Å²) in [5.41, 5.74) is 0.932. The lowest BCUT2D eigenvalue weighted by Gasteiger charge is -2.07. The van der Waals surface area contributed by atoms with Gasteiger partial charge in [0, 0.05) is 12.3 Å². The number of hydrogen-bond acceptors (Lipinski definition) is 7. The monoisotopic (exact) mass is 353 g/mol. The van der Waals surface area contributed by atoms with Crippen LogP contribution in [0, 0.1) is 0 Å². The van der Waals surface area contributed by atoms with Crippen LogP contribution in [0.3, 0.4) is 0 Å². The second kappa shape index (κ2) is 6.36. The average Bonchev–Trinajstić information content (AvgIpc) is 3.27. The molecule has 0 N–H and O–H groups in total. The molecule has 3 aromatic heterocycles. The first-order valence-electron chi connectivity index (χ1n) is 7.79. The Kier molecular flexibility index (Phi) is 3.88. The maximum Gasteiger partial charge on any atom is 0.350 e. The molecule has 4 aromatic rings. The maximum absolute atomic E-state index is 12.3. The molecule has 0 aliphatic rings. The Hall–Kier alpha value is -3.62. The van der Waals surface area contributed by atoms with Crippen molar-refractivity contribution in [1.82, 2.24) is 24.3 Å². The van der Waals surface area contributed by atoms with Gasteiger partial charge in [0.05, 0.1) is 19.8 Å². The summed E-state index contributed by atoms with van der Waals surface area (Å²) in [4.78, 5) is 16.7. The van der Waals surface area contributed by atoms with Crippen molar-refractivity contribution in [2.24, 2.45) is 0 Å². The van der Waals surface area contributed by atoms with Gasteiger partial charge in [0.1, 0.15) is 18.0 Å². The van der Waals surface area contributed by atoms with Crippen molar-refractivity contribution >= 4 is 5.65 Å². The maximum atomic E-state index is 12.3. The van der Waals surface area contributed by atoms with Crippen molar-refractivity contribution in [2.45, 2.75) is 6.54 Å². The fourth-order valence-corrected chi connectivity index (χ4v) is 2.61. The largest absolute Gasteiger partial charge is 0.497 e. The molecule has 0 saturated heterocycles. The van der Waals surface area contributed by atoms with Gasteiger partial charge in [-0.15, -0.1) is 5.10 Å². The van der Waals surface area contributed by atoms with E-state index in [1.807, 2.05) is 6.07 Å². The standard InChI is InChI=1S/C17H15N5O4/c1-24-11-6-7-12(13(9-11)25-2)16-18-15(26-20-16)10-22-17(23)21-8-4-3-5-14(21)19-22/h3-9H,10H2,1-2H3. The summed E-state index contributed by atoms with van der Waals surface area (Å²) >= 11 is 0. The number of ether oxygens (including phenoxy) is 2. The molecule has 0 spiro atoms. The molecular weight excluding hydrogens is 338 g/mol. The van der Waals surface area contributed by atoms with Crippen molar-refractivity contribution in [1.29, 1.82) is 0 Å². The molecular formula is C17H15N5O4. The van der Waals surface area contributed by atoms with Crippen molar-refractivity contribution in [2.75, 3.05) is 14.2 Å². The van der Waals surface area contributed by atoms with Crippen LogP contribution in [0.5, 0.6) is 11.5 Å². The fraction of sp³-hybridized carbons (Fsp3) is 0.176. The quantitative estimate of drug-likeness (QED) is 0.538. The fourth-order valence-electron chi connectivity index (χ4n) is 2.61. The Morgan fingerprint density at radius 2 is 2.04 bits per heavy atom. The van der Waals surface area contributed by atoms with E-state index in [-0.39, 0.29) is 18.1 Å². The Bertz CT molecular complexity index is 1130. The van der Waals surface area contributed by atoms with Crippen molar-refractivity contribution < 1.29 is 14.0 Å². The topological polar surface area (TPSA) is 96.7 Å². The van der Waals surface area contributed by atoms with Crippen LogP contribution < -0.4 is 15.2 Å². The van der Waals surface area contributed by atoms with Gasteiger partial charge in [-0.2, -0.15) is 4.98 Å². The van der Waals surface area contributed by atoms with E-state index >= 15 is 0 Å². The zero-order valence-corrected chi connectivity index (χ0v) is 14.1. The van der Waals surface area contributed by atoms with Gasteiger partial charge in [0.15, 0.2) is 5.65 Å². The molecule has 4 rings (SSSR count). The number of methoxy groups -OCH3 is 2. The molecule has 0 radical (unpaired) electrons. The second-order valence-electron chi connectivity index (χ2n) is 5.45. The van der Waals surface area contributed by atoms with Gasteiger partial charge < -0.3 is 14.0 Å². The molecule has 0 aliphatic carbocycles. The highest BCUT2D eigenvalue weighted by molar-refractivity contribution is 5.65. The van der Waals surface area contributed by atoms with Crippen LogP contribution in [-0.2, 0) is 6.54 Å². The van der Waals surface area contributed by atoms with Gasteiger partial charge in [0.25, 0.3) is 0 Å². The molecule has 0 saturated carbocycles. The zero-order chi connectivity index (χ0) is 18.1. The molecule has 0 fully saturated rings. The van der Waals surface area contributed by atoms with Crippen molar-refractivity contribution in [3.63, 3.8) is 0 Å². The first-order valence-corrected chi connectivity index (χ1v) is 7.79. The Morgan fingerprint density at radius 1 is 1.15 bits per heavy atom. The number of pyridine rings is 1. The van der Waals surface area contributed by atoms with Crippen LogP contribution in [0.2, 0.25) is 0 Å². The number of aromatic nitrogens is 5. The van der Waals surface area contributed by atoms with Crippen LogP contribution in [0.4, 0.5) is 0 Å². The third-order valence-corrected chi connectivity index (χ3v) is 3.89. The predicted octanol–water partition coefficient (Wildman–Crippen LogP) is 1.61. The molecule has 3 heterocycles. The summed E-state index contributed by atoms with van der Waals surface area (Å²) < 4.78 is 18.5. The summed E-state index contributed by atoms with van der Waals surface area (Å²) in [5.74, 6) is 1.84. The summed E-state index contributed by atoms with van der Waals surface area (Å²) in [6, 6.07) is 10.6. The highest BCUT2D eigenvalue weighted by atomic mass is 16.5. The lowest BCUT2D eigenvalue weighted by molar-refractivity contribution is 0.363. The molecule has 0 atom stereocenters. The second-order valence-corrected chi connectivity index (χ2v) is 5.45. The minimum absolute atomic E-state index is 0.0754. The molecule has 132 valence electrons. The molecule has 0 bridgehead atoms. The smallest absolute Gasteiger partial charge is 0.350 e. The van der Waals surface area contributed by atoms with E-state index in [0.29, 0.717) is 28.5 Å². The summed E-state index contributed by atoms with van der Waals surface area (Å²) in [6.07, 6.45) is 1.66. The van der Waals surface area contributed by atoms with Gasteiger partial charge in [-0.05, 0) is 24.3 Å². The molecule has 1 aromatic carbocycles. The van der Waals surface area contributed by atoms with Crippen LogP contribution >= 0.6 is 0 Å². The molecule has 0 amide bonds. The van der Waals surface area contributed by atoms with Crippen LogP contribution in [-0.4, -0.2) is 38.5 Å². The third kappa shape index (κ3) is 2.69. The van der Waals surface area contributed by atoms with Gasteiger partial charge in [0.2, 0.25) is 11.7 Å². The number of nitrogens with zero attached hydrogens (tertiary/aromatic N) is 5. The molecule has 0 aliphatic heterocycles. The number of fused-ring (bicyclic) bond motifs is 1. The van der Waals surface area contributed by atoms with Gasteiger partial charge in [-0.1, -0.05) is 11.2 Å². The third-order valence-electron chi connectivity index (χ3n) is 3.89. The molecule has 0 unspecified atom stereocenters. The highest BCUT2D eigenvalue weighted by Gasteiger charge is 2.16. The molecule has 9 nitrogen and oxygen atoms in total. The van der Waals surface area contributed by atoms with Crippen LogP contribution in [0.25, 0.3) is 17.0 Å². The van der Waals surface area contributed by atoms with E-state index in [1.54, 1.807) is 50.7 Å². The normalized spacial score (nSPS) is 11.0. The zero-order valence-electron chi connectivity index (χ0n) is 14.1. The Morgan fingerprint density at radius 3 is 2.81 bits per heavy atom. The summed E-state index contributed by atoms with van der Waals surface area (Å²) in [7, 11) is 3.13. The summed E-state index contributed by atoms with van der Waals surface area (Å²) in [5, 5.41) is 8.22. The Balaban J connectivity index is 1.66. The van der Waals surface area contributed by atoms with E-state index in [1.165, 1.54) is 9.08 Å².